The molecule has 2 heterocycles. The number of nitrogens with two attached hydrogens (primary N) is 1. The summed E-state index contributed by atoms with van der Waals surface area (Å²) in [5.41, 5.74) is 5.11. The van der Waals surface area contributed by atoms with Crippen molar-refractivity contribution >= 4 is 33.5 Å². The Bertz CT molecular complexity index is 588. The summed E-state index contributed by atoms with van der Waals surface area (Å²) in [6.45, 7) is 0. The van der Waals surface area contributed by atoms with Gasteiger partial charge < -0.3 is 11.1 Å². The SMILES string of the molecule is Nc1nccc(C(=O)Nc2ccc(Br)cn2)c1F. The number of halogens is 2. The van der Waals surface area contributed by atoms with Crippen LogP contribution in [0.1, 0.15) is 10.4 Å². The fourth-order valence-corrected chi connectivity index (χ4v) is 1.50. The zero-order valence-electron chi connectivity index (χ0n) is 9.02. The van der Waals surface area contributed by atoms with Gasteiger partial charge in [-0.25, -0.2) is 14.4 Å². The van der Waals surface area contributed by atoms with Crippen molar-refractivity contribution in [3.05, 3.63) is 46.4 Å². The third kappa shape index (κ3) is 2.62. The molecule has 0 spiro atoms. The molecule has 0 aliphatic heterocycles. The van der Waals surface area contributed by atoms with Crippen molar-refractivity contribution in [2.24, 2.45) is 0 Å². The summed E-state index contributed by atoms with van der Waals surface area (Å²) in [6, 6.07) is 4.55. The molecule has 0 bridgehead atoms. The van der Waals surface area contributed by atoms with Crippen molar-refractivity contribution in [3.8, 4) is 0 Å². The molecule has 18 heavy (non-hydrogen) atoms. The topological polar surface area (TPSA) is 80.9 Å². The highest BCUT2D eigenvalue weighted by molar-refractivity contribution is 9.10. The molecule has 0 aliphatic carbocycles. The molecule has 92 valence electrons. The molecule has 2 aromatic heterocycles. The molecule has 1 amide bonds. The molecule has 0 aliphatic rings. The smallest absolute Gasteiger partial charge is 0.259 e. The lowest BCUT2D eigenvalue weighted by Gasteiger charge is -2.06. The largest absolute Gasteiger partial charge is 0.381 e. The molecule has 0 radical (unpaired) electrons. The van der Waals surface area contributed by atoms with Crippen molar-refractivity contribution in [1.82, 2.24) is 9.97 Å². The Morgan fingerprint density at radius 3 is 2.78 bits per heavy atom. The van der Waals surface area contributed by atoms with Gasteiger partial charge in [-0.05, 0) is 34.1 Å². The summed E-state index contributed by atoms with van der Waals surface area (Å²) in [5.74, 6) is -1.46. The van der Waals surface area contributed by atoms with E-state index in [1.54, 1.807) is 12.1 Å². The molecule has 0 atom stereocenters. The van der Waals surface area contributed by atoms with Gasteiger partial charge in [0.1, 0.15) is 5.82 Å². The number of rotatable bonds is 2. The molecule has 0 aromatic carbocycles. The summed E-state index contributed by atoms with van der Waals surface area (Å²) >= 11 is 3.22. The van der Waals surface area contributed by atoms with Crippen molar-refractivity contribution in [1.29, 1.82) is 0 Å². The summed E-state index contributed by atoms with van der Waals surface area (Å²) < 4.78 is 14.3. The van der Waals surface area contributed by atoms with Crippen LogP contribution in [0.4, 0.5) is 16.0 Å². The predicted molar refractivity (Wildman–Crippen MR) is 68.5 cm³/mol. The maximum Gasteiger partial charge on any atom is 0.259 e. The molecular formula is C11H8BrFN4O. The van der Waals surface area contributed by atoms with E-state index in [2.05, 4.69) is 31.2 Å². The van der Waals surface area contributed by atoms with Gasteiger partial charge >= 0.3 is 0 Å². The van der Waals surface area contributed by atoms with Gasteiger partial charge in [-0.15, -0.1) is 0 Å². The number of hydrogen-bond acceptors (Lipinski definition) is 4. The van der Waals surface area contributed by atoms with Crippen LogP contribution in [-0.2, 0) is 0 Å². The average Bonchev–Trinajstić information content (AvgIpc) is 2.35. The van der Waals surface area contributed by atoms with E-state index in [1.807, 2.05) is 0 Å². The summed E-state index contributed by atoms with van der Waals surface area (Å²) in [7, 11) is 0. The predicted octanol–water partition coefficient (Wildman–Crippen LogP) is 2.21. The van der Waals surface area contributed by atoms with Crippen molar-refractivity contribution in [2.75, 3.05) is 11.1 Å². The van der Waals surface area contributed by atoms with Gasteiger partial charge in [0.2, 0.25) is 0 Å². The Morgan fingerprint density at radius 1 is 1.33 bits per heavy atom. The molecule has 3 N–H and O–H groups in total. The van der Waals surface area contributed by atoms with Crippen LogP contribution in [0.5, 0.6) is 0 Å². The number of hydrogen-bond donors (Lipinski definition) is 2. The van der Waals surface area contributed by atoms with Crippen molar-refractivity contribution < 1.29 is 9.18 Å². The van der Waals surface area contributed by atoms with E-state index in [0.717, 1.165) is 4.47 Å². The van der Waals surface area contributed by atoms with Crippen LogP contribution in [0.3, 0.4) is 0 Å². The van der Waals surface area contributed by atoms with E-state index in [4.69, 9.17) is 5.73 Å². The highest BCUT2D eigenvalue weighted by Crippen LogP contribution is 2.15. The van der Waals surface area contributed by atoms with Gasteiger partial charge in [-0.2, -0.15) is 0 Å². The van der Waals surface area contributed by atoms with Crippen LogP contribution < -0.4 is 11.1 Å². The van der Waals surface area contributed by atoms with Gasteiger partial charge in [0.25, 0.3) is 5.91 Å². The van der Waals surface area contributed by atoms with Crippen LogP contribution in [0.15, 0.2) is 35.1 Å². The molecule has 2 rings (SSSR count). The second kappa shape index (κ2) is 5.09. The van der Waals surface area contributed by atoms with Gasteiger partial charge in [0, 0.05) is 16.9 Å². The van der Waals surface area contributed by atoms with E-state index in [1.165, 1.54) is 18.5 Å². The second-order valence-electron chi connectivity index (χ2n) is 3.37. The minimum absolute atomic E-state index is 0.174. The number of carbonyl (C=O) groups is 1. The number of carbonyl (C=O) groups excluding carboxylic acids is 1. The molecule has 0 saturated carbocycles. The van der Waals surface area contributed by atoms with Crippen molar-refractivity contribution in [2.45, 2.75) is 0 Å². The standard InChI is InChI=1S/C11H8BrFN4O/c12-6-1-2-8(16-5-6)17-11(18)7-3-4-15-10(14)9(7)13/h1-5H,(H2,14,15)(H,16,17,18). The summed E-state index contributed by atoms with van der Waals surface area (Å²) in [6.07, 6.45) is 2.79. The fraction of sp³-hybridized carbons (Fsp3) is 0. The highest BCUT2D eigenvalue weighted by atomic mass is 79.9. The third-order valence-corrected chi connectivity index (χ3v) is 2.60. The number of amides is 1. The highest BCUT2D eigenvalue weighted by Gasteiger charge is 2.14. The lowest BCUT2D eigenvalue weighted by Crippen LogP contribution is -2.15. The Kier molecular flexibility index (Phi) is 3.52. The molecule has 0 fully saturated rings. The van der Waals surface area contributed by atoms with Gasteiger partial charge in [0.15, 0.2) is 11.6 Å². The van der Waals surface area contributed by atoms with Gasteiger partial charge in [-0.1, -0.05) is 0 Å². The van der Waals surface area contributed by atoms with Gasteiger partial charge in [-0.3, -0.25) is 4.79 Å². The molecule has 5 nitrogen and oxygen atoms in total. The number of pyridine rings is 2. The number of nitrogen functional groups attached to an aromatic ring is 1. The lowest BCUT2D eigenvalue weighted by molar-refractivity contribution is 0.102. The summed E-state index contributed by atoms with van der Waals surface area (Å²) in [4.78, 5) is 19.3. The minimum atomic E-state index is -0.841. The molecule has 7 heteroatoms. The zero-order chi connectivity index (χ0) is 13.1. The van der Waals surface area contributed by atoms with E-state index in [0.29, 0.717) is 5.82 Å². The molecule has 2 aromatic rings. The lowest BCUT2D eigenvalue weighted by atomic mass is 10.2. The van der Waals surface area contributed by atoms with E-state index in [9.17, 15) is 9.18 Å². The van der Waals surface area contributed by atoms with Crippen LogP contribution in [0, 0.1) is 5.82 Å². The first-order chi connectivity index (χ1) is 8.58. The molecule has 0 unspecified atom stereocenters. The zero-order valence-corrected chi connectivity index (χ0v) is 10.6. The monoisotopic (exact) mass is 310 g/mol. The van der Waals surface area contributed by atoms with Crippen LogP contribution in [0.25, 0.3) is 0 Å². The van der Waals surface area contributed by atoms with Crippen LogP contribution in [0.2, 0.25) is 0 Å². The second-order valence-corrected chi connectivity index (χ2v) is 4.29. The summed E-state index contributed by atoms with van der Waals surface area (Å²) in [5, 5.41) is 2.46. The Balaban J connectivity index is 2.22. The Labute approximate surface area is 110 Å². The average molecular weight is 311 g/mol. The van der Waals surface area contributed by atoms with Crippen LogP contribution in [-0.4, -0.2) is 15.9 Å². The van der Waals surface area contributed by atoms with E-state index >= 15 is 0 Å². The first-order valence-corrected chi connectivity index (χ1v) is 5.70. The molecular weight excluding hydrogens is 303 g/mol. The number of anilines is 2. The first-order valence-electron chi connectivity index (χ1n) is 4.91. The van der Waals surface area contributed by atoms with E-state index < -0.39 is 11.7 Å². The number of nitrogens with one attached hydrogen (secondary N) is 1. The quantitative estimate of drug-likeness (QED) is 0.891. The molecule has 0 saturated heterocycles. The Morgan fingerprint density at radius 2 is 2.11 bits per heavy atom. The van der Waals surface area contributed by atoms with Crippen LogP contribution >= 0.6 is 15.9 Å². The van der Waals surface area contributed by atoms with E-state index in [-0.39, 0.29) is 11.4 Å². The maximum atomic E-state index is 13.5. The normalized spacial score (nSPS) is 10.1. The first kappa shape index (κ1) is 12.4. The van der Waals surface area contributed by atoms with Gasteiger partial charge in [0.05, 0.1) is 5.56 Å². The Hall–Kier alpha value is -2.02. The number of nitrogens with zero attached hydrogens (tertiary/aromatic N) is 2. The maximum absolute atomic E-state index is 13.5. The number of aromatic nitrogens is 2. The fourth-order valence-electron chi connectivity index (χ4n) is 1.27. The third-order valence-electron chi connectivity index (χ3n) is 2.13. The minimum Gasteiger partial charge on any atom is -0.381 e. The van der Waals surface area contributed by atoms with Crippen molar-refractivity contribution in [3.63, 3.8) is 0 Å².